The van der Waals surface area contributed by atoms with E-state index in [4.69, 9.17) is 0 Å². The van der Waals surface area contributed by atoms with Crippen molar-refractivity contribution in [3.63, 3.8) is 0 Å². The second-order valence-electron chi connectivity index (χ2n) is 5.90. The van der Waals surface area contributed by atoms with Crippen molar-refractivity contribution in [3.8, 4) is 0 Å². The zero-order chi connectivity index (χ0) is 13.8. The highest BCUT2D eigenvalue weighted by atomic mass is 14.0. The van der Waals surface area contributed by atoms with Gasteiger partial charge in [-0.25, -0.2) is 0 Å². The van der Waals surface area contributed by atoms with E-state index in [9.17, 15) is 0 Å². The zero-order valence-corrected chi connectivity index (χ0v) is 13.0. The predicted octanol–water partition coefficient (Wildman–Crippen LogP) is 5.09. The van der Waals surface area contributed by atoms with Crippen molar-refractivity contribution >= 4 is 12.7 Å². The van der Waals surface area contributed by atoms with Gasteiger partial charge in [-0.1, -0.05) is 113 Å². The van der Waals surface area contributed by atoms with Crippen LogP contribution in [-0.4, -0.2) is 7.28 Å². The van der Waals surface area contributed by atoms with Gasteiger partial charge in [0.15, 0.2) is 7.28 Å². The smallest absolute Gasteiger partial charge is 0.0842 e. The molecule has 1 atom stereocenters. The van der Waals surface area contributed by atoms with E-state index in [0.717, 1.165) is 5.82 Å². The lowest BCUT2D eigenvalue weighted by molar-refractivity contribution is 0.560. The standard InChI is InChI=1S/C18H31B/c1-3-5-7-10-14-17(13-9-6-4-2)19-18-15-11-8-12-16-18/h8,11-12,15-17,19H,3-7,9-10,13-14H2,1-2H3. The lowest BCUT2D eigenvalue weighted by Gasteiger charge is -2.15. The lowest BCUT2D eigenvalue weighted by Crippen LogP contribution is -2.19. The first-order chi connectivity index (χ1) is 9.36. The number of unbranched alkanes of at least 4 members (excludes halogenated alkanes) is 5. The Morgan fingerprint density at radius 1 is 0.789 bits per heavy atom. The van der Waals surface area contributed by atoms with Gasteiger partial charge in [0, 0.05) is 0 Å². The maximum atomic E-state index is 2.30. The Labute approximate surface area is 121 Å². The van der Waals surface area contributed by atoms with Crippen LogP contribution in [0.25, 0.3) is 0 Å². The van der Waals surface area contributed by atoms with Gasteiger partial charge in [0.05, 0.1) is 0 Å². The molecular formula is C18H31B. The molecule has 0 fully saturated rings. The molecule has 1 rings (SSSR count). The summed E-state index contributed by atoms with van der Waals surface area (Å²) < 4.78 is 0. The van der Waals surface area contributed by atoms with Crippen molar-refractivity contribution in [1.82, 2.24) is 0 Å². The first-order valence-electron chi connectivity index (χ1n) is 8.40. The molecule has 19 heavy (non-hydrogen) atoms. The highest BCUT2D eigenvalue weighted by molar-refractivity contribution is 6.54. The fourth-order valence-electron chi connectivity index (χ4n) is 2.84. The fraction of sp³-hybridized carbons (Fsp3) is 0.667. The van der Waals surface area contributed by atoms with E-state index in [1.54, 1.807) is 0 Å². The minimum absolute atomic E-state index is 0.908. The Balaban J connectivity index is 2.35. The third-order valence-electron chi connectivity index (χ3n) is 4.05. The predicted molar refractivity (Wildman–Crippen MR) is 89.9 cm³/mol. The van der Waals surface area contributed by atoms with Gasteiger partial charge in [0.2, 0.25) is 0 Å². The normalized spacial score (nSPS) is 12.3. The van der Waals surface area contributed by atoms with Crippen LogP contribution in [0.2, 0.25) is 5.82 Å². The first-order valence-corrected chi connectivity index (χ1v) is 8.40. The highest BCUT2D eigenvalue weighted by Crippen LogP contribution is 2.22. The zero-order valence-electron chi connectivity index (χ0n) is 13.0. The molecule has 0 aliphatic heterocycles. The van der Waals surface area contributed by atoms with Gasteiger partial charge in [0.1, 0.15) is 0 Å². The molecule has 1 heteroatoms. The van der Waals surface area contributed by atoms with E-state index in [1.807, 2.05) is 0 Å². The summed E-state index contributed by atoms with van der Waals surface area (Å²) in [6.45, 7) is 4.59. The molecule has 0 N–H and O–H groups in total. The summed E-state index contributed by atoms with van der Waals surface area (Å²) in [5, 5.41) is 0. The molecule has 0 aliphatic rings. The molecule has 0 heterocycles. The van der Waals surface area contributed by atoms with Crippen LogP contribution in [0, 0.1) is 0 Å². The average molecular weight is 258 g/mol. The molecule has 0 amide bonds. The van der Waals surface area contributed by atoms with Crippen LogP contribution in [0.15, 0.2) is 30.3 Å². The summed E-state index contributed by atoms with van der Waals surface area (Å²) in [5.74, 6) is 0.908. The molecule has 1 aromatic carbocycles. The molecule has 0 saturated heterocycles. The summed E-state index contributed by atoms with van der Waals surface area (Å²) in [4.78, 5) is 0. The van der Waals surface area contributed by atoms with E-state index < -0.39 is 0 Å². The van der Waals surface area contributed by atoms with Gasteiger partial charge in [-0.05, 0) is 0 Å². The highest BCUT2D eigenvalue weighted by Gasteiger charge is 2.11. The maximum Gasteiger partial charge on any atom is 0.160 e. The molecular weight excluding hydrogens is 227 g/mol. The SMILES string of the molecule is CCCCCCC(Bc1ccccc1)CCCCC. The molecule has 1 aromatic rings. The van der Waals surface area contributed by atoms with Crippen molar-refractivity contribution in [2.45, 2.75) is 77.5 Å². The molecule has 0 spiro atoms. The van der Waals surface area contributed by atoms with Gasteiger partial charge in [-0.3, -0.25) is 0 Å². The van der Waals surface area contributed by atoms with E-state index in [0.29, 0.717) is 0 Å². The summed E-state index contributed by atoms with van der Waals surface area (Å²) in [5.41, 5.74) is 1.53. The molecule has 106 valence electrons. The Morgan fingerprint density at radius 2 is 1.37 bits per heavy atom. The Bertz CT molecular complexity index is 294. The molecule has 1 unspecified atom stereocenters. The molecule has 0 saturated carbocycles. The molecule has 0 aromatic heterocycles. The Kier molecular flexibility index (Phi) is 9.58. The fourth-order valence-corrected chi connectivity index (χ4v) is 2.84. The average Bonchev–Trinajstić information content (AvgIpc) is 2.44. The van der Waals surface area contributed by atoms with E-state index in [2.05, 4.69) is 44.2 Å². The van der Waals surface area contributed by atoms with Crippen LogP contribution in [0.4, 0.5) is 0 Å². The van der Waals surface area contributed by atoms with Crippen molar-refractivity contribution in [3.05, 3.63) is 30.3 Å². The van der Waals surface area contributed by atoms with E-state index in [1.165, 1.54) is 70.5 Å². The van der Waals surface area contributed by atoms with Crippen molar-refractivity contribution < 1.29 is 0 Å². The molecule has 0 bridgehead atoms. The molecule has 0 aliphatic carbocycles. The van der Waals surface area contributed by atoms with E-state index >= 15 is 0 Å². The van der Waals surface area contributed by atoms with Crippen LogP contribution in [0.1, 0.15) is 71.6 Å². The van der Waals surface area contributed by atoms with Crippen molar-refractivity contribution in [2.24, 2.45) is 0 Å². The van der Waals surface area contributed by atoms with Gasteiger partial charge in [-0.2, -0.15) is 0 Å². The van der Waals surface area contributed by atoms with E-state index in [-0.39, 0.29) is 0 Å². The number of hydrogen-bond acceptors (Lipinski definition) is 0. The van der Waals surface area contributed by atoms with Crippen LogP contribution in [0.5, 0.6) is 0 Å². The number of rotatable bonds is 11. The van der Waals surface area contributed by atoms with Crippen LogP contribution < -0.4 is 5.46 Å². The van der Waals surface area contributed by atoms with Gasteiger partial charge < -0.3 is 0 Å². The lowest BCUT2D eigenvalue weighted by atomic mass is 9.56. The third-order valence-corrected chi connectivity index (χ3v) is 4.05. The monoisotopic (exact) mass is 258 g/mol. The van der Waals surface area contributed by atoms with Gasteiger partial charge in [0.25, 0.3) is 0 Å². The summed E-state index contributed by atoms with van der Waals surface area (Å²) >= 11 is 0. The van der Waals surface area contributed by atoms with Crippen molar-refractivity contribution in [1.29, 1.82) is 0 Å². The van der Waals surface area contributed by atoms with Crippen molar-refractivity contribution in [2.75, 3.05) is 0 Å². The summed E-state index contributed by atoms with van der Waals surface area (Å²) in [6, 6.07) is 11.1. The minimum atomic E-state index is 0.908. The van der Waals surface area contributed by atoms with Crippen LogP contribution in [-0.2, 0) is 0 Å². The second kappa shape index (κ2) is 11.1. The van der Waals surface area contributed by atoms with Crippen LogP contribution >= 0.6 is 0 Å². The van der Waals surface area contributed by atoms with Crippen LogP contribution in [0.3, 0.4) is 0 Å². The maximum absolute atomic E-state index is 2.30. The Hall–Kier alpha value is -0.715. The first kappa shape index (κ1) is 16.3. The number of hydrogen-bond donors (Lipinski definition) is 0. The summed E-state index contributed by atoms with van der Waals surface area (Å²) in [7, 11) is 1.29. The Morgan fingerprint density at radius 3 is 2.00 bits per heavy atom. The minimum Gasteiger partial charge on any atom is -0.0842 e. The topological polar surface area (TPSA) is 0 Å². The third kappa shape index (κ3) is 8.13. The quantitative estimate of drug-likeness (QED) is 0.383. The van der Waals surface area contributed by atoms with Gasteiger partial charge >= 0.3 is 0 Å². The van der Waals surface area contributed by atoms with Gasteiger partial charge in [-0.15, -0.1) is 0 Å². The molecule has 0 nitrogen and oxygen atoms in total. The largest absolute Gasteiger partial charge is 0.160 e. The second-order valence-corrected chi connectivity index (χ2v) is 5.90. The molecule has 0 radical (unpaired) electrons. The number of benzene rings is 1. The summed E-state index contributed by atoms with van der Waals surface area (Å²) in [6.07, 6.45) is 12.6.